The molecule has 0 aromatic heterocycles. The summed E-state index contributed by atoms with van der Waals surface area (Å²) in [5, 5.41) is 0.194. The lowest BCUT2D eigenvalue weighted by molar-refractivity contribution is -0.139. The Labute approximate surface area is 127 Å². The second-order valence-corrected chi connectivity index (χ2v) is 5.82. The van der Waals surface area contributed by atoms with Gasteiger partial charge in [-0.2, -0.15) is 0 Å². The van der Waals surface area contributed by atoms with Crippen molar-refractivity contribution in [2.75, 3.05) is 18.0 Å². The van der Waals surface area contributed by atoms with Crippen LogP contribution in [0.15, 0.2) is 18.2 Å². The molecule has 0 radical (unpaired) electrons. The van der Waals surface area contributed by atoms with Crippen molar-refractivity contribution >= 4 is 29.1 Å². The maximum Gasteiger partial charge on any atom is 0.249 e. The first kappa shape index (κ1) is 14.3. The number of hydrogen-bond donors (Lipinski definition) is 0. The van der Waals surface area contributed by atoms with Crippen LogP contribution in [0.5, 0.6) is 0 Å². The topological polar surface area (TPSA) is 40.6 Å². The van der Waals surface area contributed by atoms with Gasteiger partial charge in [-0.3, -0.25) is 9.59 Å². The van der Waals surface area contributed by atoms with E-state index in [1.165, 1.54) is 17.0 Å². The summed E-state index contributed by atoms with van der Waals surface area (Å²) in [6, 6.07) is 3.85. The number of fused-ring (bicyclic) bond motifs is 1. The summed E-state index contributed by atoms with van der Waals surface area (Å²) < 4.78 is 14.1. The molecule has 2 heterocycles. The molecule has 2 aliphatic rings. The van der Waals surface area contributed by atoms with Crippen LogP contribution in [-0.2, 0) is 9.59 Å². The van der Waals surface area contributed by atoms with Gasteiger partial charge >= 0.3 is 0 Å². The van der Waals surface area contributed by atoms with E-state index >= 15 is 0 Å². The Balaban J connectivity index is 2.00. The largest absolute Gasteiger partial charge is 0.331 e. The fourth-order valence-electron chi connectivity index (χ4n) is 3.10. The number of piperidine rings is 1. The Hall–Kier alpha value is -1.62. The minimum atomic E-state index is -0.535. The van der Waals surface area contributed by atoms with Gasteiger partial charge in [0.15, 0.2) is 0 Å². The molecule has 1 unspecified atom stereocenters. The quantitative estimate of drug-likeness (QED) is 0.800. The van der Waals surface area contributed by atoms with E-state index in [-0.39, 0.29) is 35.5 Å². The van der Waals surface area contributed by atoms with Gasteiger partial charge in [-0.25, -0.2) is 4.39 Å². The maximum absolute atomic E-state index is 14.1. The molecule has 0 saturated carbocycles. The predicted octanol–water partition coefficient (Wildman–Crippen LogP) is 2.60. The third-order valence-corrected chi connectivity index (χ3v) is 4.44. The molecule has 0 bridgehead atoms. The van der Waals surface area contributed by atoms with Crippen LogP contribution < -0.4 is 4.90 Å². The zero-order valence-electron chi connectivity index (χ0n) is 11.5. The minimum Gasteiger partial charge on any atom is -0.331 e. The Morgan fingerprint density at radius 1 is 1.19 bits per heavy atom. The second-order valence-electron chi connectivity index (χ2n) is 5.41. The zero-order chi connectivity index (χ0) is 15.0. The monoisotopic (exact) mass is 310 g/mol. The average molecular weight is 311 g/mol. The number of halogens is 2. The Bertz CT molecular complexity index is 573. The number of benzene rings is 1. The van der Waals surface area contributed by atoms with Crippen LogP contribution in [0, 0.1) is 5.82 Å². The molecule has 2 fully saturated rings. The lowest BCUT2D eigenvalue weighted by Crippen LogP contribution is -2.50. The molecule has 112 valence electrons. The van der Waals surface area contributed by atoms with Gasteiger partial charge in [0.25, 0.3) is 0 Å². The summed E-state index contributed by atoms with van der Waals surface area (Å²) >= 11 is 6.06. The molecule has 2 aliphatic heterocycles. The Morgan fingerprint density at radius 2 is 2.00 bits per heavy atom. The van der Waals surface area contributed by atoms with Crippen molar-refractivity contribution in [1.82, 2.24) is 4.90 Å². The number of amides is 2. The van der Waals surface area contributed by atoms with Crippen LogP contribution >= 0.6 is 11.6 Å². The van der Waals surface area contributed by atoms with E-state index in [2.05, 4.69) is 0 Å². The summed E-state index contributed by atoms with van der Waals surface area (Å²) in [6.07, 6.45) is 2.65. The Kier molecular flexibility index (Phi) is 3.85. The van der Waals surface area contributed by atoms with Crippen LogP contribution in [-0.4, -0.2) is 35.8 Å². The first-order valence-electron chi connectivity index (χ1n) is 7.14. The van der Waals surface area contributed by atoms with Crippen molar-refractivity contribution in [1.29, 1.82) is 0 Å². The van der Waals surface area contributed by atoms with Crippen LogP contribution in [0.3, 0.4) is 0 Å². The van der Waals surface area contributed by atoms with Crippen molar-refractivity contribution < 1.29 is 14.0 Å². The minimum absolute atomic E-state index is 0.0389. The third-order valence-electron chi connectivity index (χ3n) is 4.13. The molecule has 0 aliphatic carbocycles. The molecule has 2 saturated heterocycles. The van der Waals surface area contributed by atoms with Crippen LogP contribution in [0.25, 0.3) is 0 Å². The van der Waals surface area contributed by atoms with E-state index in [9.17, 15) is 14.0 Å². The van der Waals surface area contributed by atoms with Gasteiger partial charge in [0.1, 0.15) is 11.9 Å². The molecule has 21 heavy (non-hydrogen) atoms. The molecule has 1 aromatic rings. The molecule has 6 heteroatoms. The number of anilines is 1. The fourth-order valence-corrected chi connectivity index (χ4v) is 3.36. The van der Waals surface area contributed by atoms with Crippen LogP contribution in [0.1, 0.15) is 25.7 Å². The van der Waals surface area contributed by atoms with Crippen LogP contribution in [0.4, 0.5) is 10.1 Å². The van der Waals surface area contributed by atoms with E-state index in [1.807, 2.05) is 0 Å². The van der Waals surface area contributed by atoms with Crippen molar-refractivity contribution in [2.24, 2.45) is 0 Å². The average Bonchev–Trinajstić information content (AvgIpc) is 2.60. The van der Waals surface area contributed by atoms with Gasteiger partial charge in [-0.15, -0.1) is 0 Å². The molecule has 0 spiro atoms. The molecule has 3 rings (SSSR count). The van der Waals surface area contributed by atoms with Crippen molar-refractivity contribution in [3.05, 3.63) is 29.0 Å². The highest BCUT2D eigenvalue weighted by molar-refractivity contribution is 6.34. The lowest BCUT2D eigenvalue weighted by atomic mass is 10.0. The van der Waals surface area contributed by atoms with Gasteiger partial charge in [0, 0.05) is 19.5 Å². The van der Waals surface area contributed by atoms with Crippen molar-refractivity contribution in [3.63, 3.8) is 0 Å². The molecular weight excluding hydrogens is 295 g/mol. The summed E-state index contributed by atoms with van der Waals surface area (Å²) in [4.78, 5) is 27.9. The highest BCUT2D eigenvalue weighted by Crippen LogP contribution is 2.32. The summed E-state index contributed by atoms with van der Waals surface area (Å²) in [7, 11) is 0. The highest BCUT2D eigenvalue weighted by atomic mass is 35.5. The molecule has 1 aromatic carbocycles. The first-order valence-corrected chi connectivity index (χ1v) is 7.52. The van der Waals surface area contributed by atoms with E-state index in [1.54, 1.807) is 11.0 Å². The van der Waals surface area contributed by atoms with E-state index in [0.29, 0.717) is 13.0 Å². The second kappa shape index (κ2) is 5.64. The number of carbonyl (C=O) groups is 2. The number of nitrogens with zero attached hydrogens (tertiary/aromatic N) is 2. The van der Waals surface area contributed by atoms with Gasteiger partial charge in [-0.1, -0.05) is 17.7 Å². The Morgan fingerprint density at radius 3 is 2.76 bits per heavy atom. The maximum atomic E-state index is 14.1. The van der Waals surface area contributed by atoms with Gasteiger partial charge in [0.05, 0.1) is 10.7 Å². The number of rotatable bonds is 1. The molecular formula is C15H16ClFN2O2. The smallest absolute Gasteiger partial charge is 0.249 e. The molecule has 0 N–H and O–H groups in total. The standard InChI is InChI=1S/C15H16ClFN2O2/c16-10-4-3-5-11(17)14(10)19-9-7-13(20)18-8-2-1-6-12(18)15(19)21/h3-5,12H,1-2,6-9H2. The van der Waals surface area contributed by atoms with Crippen molar-refractivity contribution in [2.45, 2.75) is 31.7 Å². The summed E-state index contributed by atoms with van der Waals surface area (Å²) in [5.74, 6) is -0.803. The van der Waals surface area contributed by atoms with Crippen LogP contribution in [0.2, 0.25) is 5.02 Å². The first-order chi connectivity index (χ1) is 10.1. The van der Waals surface area contributed by atoms with Gasteiger partial charge in [0.2, 0.25) is 11.8 Å². The fraction of sp³-hybridized carbons (Fsp3) is 0.467. The molecule has 2 amide bonds. The van der Waals surface area contributed by atoms with E-state index < -0.39 is 11.9 Å². The number of hydrogen-bond acceptors (Lipinski definition) is 2. The molecule has 4 nitrogen and oxygen atoms in total. The molecule has 1 atom stereocenters. The lowest BCUT2D eigenvalue weighted by Gasteiger charge is -2.34. The summed E-state index contributed by atoms with van der Waals surface area (Å²) in [6.45, 7) is 0.777. The van der Waals surface area contributed by atoms with Crippen molar-refractivity contribution in [3.8, 4) is 0 Å². The highest BCUT2D eigenvalue weighted by Gasteiger charge is 2.39. The van der Waals surface area contributed by atoms with E-state index in [4.69, 9.17) is 11.6 Å². The van der Waals surface area contributed by atoms with Gasteiger partial charge < -0.3 is 9.80 Å². The number of carbonyl (C=O) groups excluding carboxylic acids is 2. The zero-order valence-corrected chi connectivity index (χ0v) is 12.3. The van der Waals surface area contributed by atoms with E-state index in [0.717, 1.165) is 12.8 Å². The third kappa shape index (κ3) is 2.50. The van der Waals surface area contributed by atoms with Gasteiger partial charge in [-0.05, 0) is 31.4 Å². The number of para-hydroxylation sites is 1. The SMILES string of the molecule is O=C1C2CCCCN2C(=O)CCN1c1c(F)cccc1Cl. The predicted molar refractivity (Wildman–Crippen MR) is 77.7 cm³/mol. The normalized spacial score (nSPS) is 23.0. The summed E-state index contributed by atoms with van der Waals surface area (Å²) in [5.41, 5.74) is 0.0874.